The van der Waals surface area contributed by atoms with Crippen LogP contribution in [0.1, 0.15) is 11.4 Å². The minimum atomic E-state index is 0.778. The third-order valence-electron chi connectivity index (χ3n) is 1.87. The van der Waals surface area contributed by atoms with Crippen LogP contribution in [0.15, 0.2) is 47.2 Å². The Morgan fingerprint density at radius 2 is 1.86 bits per heavy atom. The lowest BCUT2D eigenvalue weighted by atomic mass is 10.1. The van der Waals surface area contributed by atoms with Gasteiger partial charge in [-0.3, -0.25) is 0 Å². The van der Waals surface area contributed by atoms with Crippen LogP contribution >= 0.6 is 15.9 Å². The van der Waals surface area contributed by atoms with E-state index in [1.807, 2.05) is 18.2 Å². The molecule has 0 radical (unpaired) electrons. The van der Waals surface area contributed by atoms with E-state index < -0.39 is 0 Å². The molecule has 70 valence electrons. The van der Waals surface area contributed by atoms with E-state index in [4.69, 9.17) is 0 Å². The van der Waals surface area contributed by atoms with Gasteiger partial charge in [0.1, 0.15) is 5.82 Å². The first-order chi connectivity index (χ1) is 6.84. The Hall–Kier alpha value is -1.22. The summed E-state index contributed by atoms with van der Waals surface area (Å²) in [5, 5.41) is 0. The van der Waals surface area contributed by atoms with E-state index in [2.05, 4.69) is 38.0 Å². The van der Waals surface area contributed by atoms with Crippen molar-refractivity contribution < 1.29 is 0 Å². The maximum atomic E-state index is 4.18. The zero-order valence-corrected chi connectivity index (χ0v) is 9.11. The molecule has 1 heterocycles. The van der Waals surface area contributed by atoms with Gasteiger partial charge in [-0.25, -0.2) is 9.97 Å². The van der Waals surface area contributed by atoms with Gasteiger partial charge in [0.2, 0.25) is 0 Å². The fourth-order valence-electron chi connectivity index (χ4n) is 1.25. The first-order valence-corrected chi connectivity index (χ1v) is 5.14. The van der Waals surface area contributed by atoms with Gasteiger partial charge in [0, 0.05) is 23.3 Å². The number of hydrogen-bond acceptors (Lipinski definition) is 2. The summed E-state index contributed by atoms with van der Waals surface area (Å²) in [5.41, 5.74) is 1.21. The molecule has 0 amide bonds. The summed E-state index contributed by atoms with van der Waals surface area (Å²) < 4.78 is 1.09. The summed E-state index contributed by atoms with van der Waals surface area (Å²) in [7, 11) is 0. The highest BCUT2D eigenvalue weighted by Gasteiger charge is 1.97. The number of nitrogens with zero attached hydrogens (tertiary/aromatic N) is 2. The Morgan fingerprint density at radius 1 is 1.07 bits per heavy atom. The second-order valence-corrected chi connectivity index (χ2v) is 3.89. The van der Waals surface area contributed by atoms with Crippen molar-refractivity contribution in [2.45, 2.75) is 6.42 Å². The van der Waals surface area contributed by atoms with Crippen LogP contribution in [-0.4, -0.2) is 9.97 Å². The van der Waals surface area contributed by atoms with Crippen LogP contribution in [0.4, 0.5) is 0 Å². The van der Waals surface area contributed by atoms with Crippen LogP contribution in [0.5, 0.6) is 0 Å². The molecule has 0 bridgehead atoms. The quantitative estimate of drug-likeness (QED) is 0.817. The van der Waals surface area contributed by atoms with Gasteiger partial charge in [-0.2, -0.15) is 0 Å². The molecule has 0 aliphatic heterocycles. The van der Waals surface area contributed by atoms with Crippen LogP contribution < -0.4 is 0 Å². The lowest BCUT2D eigenvalue weighted by Crippen LogP contribution is -1.94. The van der Waals surface area contributed by atoms with Gasteiger partial charge in [0.05, 0.1) is 0 Å². The van der Waals surface area contributed by atoms with E-state index in [9.17, 15) is 0 Å². The fraction of sp³-hybridized carbons (Fsp3) is 0.0909. The Labute approximate surface area is 91.2 Å². The first-order valence-electron chi connectivity index (χ1n) is 4.35. The second-order valence-electron chi connectivity index (χ2n) is 2.97. The van der Waals surface area contributed by atoms with Crippen molar-refractivity contribution in [3.8, 4) is 0 Å². The number of aromatic nitrogens is 2. The van der Waals surface area contributed by atoms with Gasteiger partial charge in [0.25, 0.3) is 0 Å². The molecule has 0 aliphatic rings. The van der Waals surface area contributed by atoms with Gasteiger partial charge in [-0.15, -0.1) is 0 Å². The monoisotopic (exact) mass is 248 g/mol. The molecule has 2 nitrogen and oxygen atoms in total. The Morgan fingerprint density at radius 3 is 2.57 bits per heavy atom. The van der Waals surface area contributed by atoms with Crippen LogP contribution in [0.25, 0.3) is 0 Å². The highest BCUT2D eigenvalue weighted by Crippen LogP contribution is 2.13. The van der Waals surface area contributed by atoms with E-state index in [0.29, 0.717) is 0 Å². The van der Waals surface area contributed by atoms with Gasteiger partial charge in [-0.05, 0) is 23.8 Å². The first kappa shape index (κ1) is 9.34. The lowest BCUT2D eigenvalue weighted by Gasteiger charge is -1.99. The molecule has 3 heteroatoms. The largest absolute Gasteiger partial charge is 0.241 e. The average molecular weight is 249 g/mol. The topological polar surface area (TPSA) is 25.8 Å². The Balaban J connectivity index is 2.19. The van der Waals surface area contributed by atoms with E-state index in [0.717, 1.165) is 16.7 Å². The number of benzene rings is 1. The molecule has 0 aliphatic carbocycles. The molecule has 0 saturated carbocycles. The minimum Gasteiger partial charge on any atom is -0.241 e. The summed E-state index contributed by atoms with van der Waals surface area (Å²) in [6.45, 7) is 0. The molecule has 0 fully saturated rings. The minimum absolute atomic E-state index is 0.778. The molecule has 0 atom stereocenters. The van der Waals surface area contributed by atoms with Crippen molar-refractivity contribution in [3.05, 3.63) is 58.6 Å². The molecule has 1 aromatic carbocycles. The van der Waals surface area contributed by atoms with Gasteiger partial charge >= 0.3 is 0 Å². The number of hydrogen-bond donors (Lipinski definition) is 0. The van der Waals surface area contributed by atoms with Crippen molar-refractivity contribution in [3.63, 3.8) is 0 Å². The molecule has 0 spiro atoms. The highest BCUT2D eigenvalue weighted by atomic mass is 79.9. The van der Waals surface area contributed by atoms with Gasteiger partial charge < -0.3 is 0 Å². The Kier molecular flexibility index (Phi) is 2.89. The van der Waals surface area contributed by atoms with Crippen molar-refractivity contribution in [1.82, 2.24) is 9.97 Å². The molecular weight excluding hydrogens is 240 g/mol. The fourth-order valence-corrected chi connectivity index (χ4v) is 1.70. The van der Waals surface area contributed by atoms with Crippen LogP contribution in [-0.2, 0) is 6.42 Å². The normalized spacial score (nSPS) is 10.1. The number of rotatable bonds is 2. The molecule has 0 saturated heterocycles. The number of halogens is 1. The van der Waals surface area contributed by atoms with E-state index in [1.165, 1.54) is 5.56 Å². The summed E-state index contributed by atoms with van der Waals surface area (Å²) in [6, 6.07) is 10.00. The van der Waals surface area contributed by atoms with Crippen molar-refractivity contribution >= 4 is 15.9 Å². The second kappa shape index (κ2) is 4.33. The average Bonchev–Trinajstić information content (AvgIpc) is 2.19. The maximum absolute atomic E-state index is 4.18. The van der Waals surface area contributed by atoms with E-state index >= 15 is 0 Å². The van der Waals surface area contributed by atoms with E-state index in [1.54, 1.807) is 12.4 Å². The molecule has 0 N–H and O–H groups in total. The summed E-state index contributed by atoms with van der Waals surface area (Å²) in [5.74, 6) is 0.852. The highest BCUT2D eigenvalue weighted by molar-refractivity contribution is 9.10. The Bertz CT molecular complexity index is 415. The van der Waals surface area contributed by atoms with Gasteiger partial charge in [0.15, 0.2) is 0 Å². The van der Waals surface area contributed by atoms with Crippen LogP contribution in [0.3, 0.4) is 0 Å². The van der Waals surface area contributed by atoms with Crippen LogP contribution in [0.2, 0.25) is 0 Å². The summed E-state index contributed by atoms with van der Waals surface area (Å²) >= 11 is 3.43. The summed E-state index contributed by atoms with van der Waals surface area (Å²) in [4.78, 5) is 8.35. The third-order valence-corrected chi connectivity index (χ3v) is 2.36. The molecule has 14 heavy (non-hydrogen) atoms. The van der Waals surface area contributed by atoms with Gasteiger partial charge in [-0.1, -0.05) is 28.1 Å². The standard InChI is InChI=1S/C11H9BrN2/c12-10-4-1-3-9(7-10)8-11-13-5-2-6-14-11/h1-7H,8H2. The van der Waals surface area contributed by atoms with Crippen molar-refractivity contribution in [2.75, 3.05) is 0 Å². The van der Waals surface area contributed by atoms with E-state index in [-0.39, 0.29) is 0 Å². The lowest BCUT2D eigenvalue weighted by molar-refractivity contribution is 0.967. The third kappa shape index (κ3) is 2.39. The molecule has 2 aromatic rings. The van der Waals surface area contributed by atoms with Crippen LogP contribution in [0, 0.1) is 0 Å². The zero-order valence-electron chi connectivity index (χ0n) is 7.52. The van der Waals surface area contributed by atoms with Crippen molar-refractivity contribution in [2.24, 2.45) is 0 Å². The molecule has 2 rings (SSSR count). The van der Waals surface area contributed by atoms with Crippen molar-refractivity contribution in [1.29, 1.82) is 0 Å². The zero-order chi connectivity index (χ0) is 9.80. The molecule has 1 aromatic heterocycles. The predicted octanol–water partition coefficient (Wildman–Crippen LogP) is 2.83. The SMILES string of the molecule is Brc1cccc(Cc2ncccn2)c1. The summed E-state index contributed by atoms with van der Waals surface area (Å²) in [6.07, 6.45) is 4.31. The predicted molar refractivity (Wildman–Crippen MR) is 59.0 cm³/mol. The maximum Gasteiger partial charge on any atom is 0.132 e. The smallest absolute Gasteiger partial charge is 0.132 e. The molecule has 0 unspecified atom stereocenters. The molecular formula is C11H9BrN2.